The first kappa shape index (κ1) is 17.4. The average molecular weight is 326 g/mol. The molecule has 124 valence electrons. The molecule has 1 aliphatic carbocycles. The Morgan fingerprint density at radius 2 is 2.00 bits per heavy atom. The van der Waals surface area contributed by atoms with Gasteiger partial charge in [-0.2, -0.15) is 17.0 Å². The van der Waals surface area contributed by atoms with Crippen LogP contribution in [0.25, 0.3) is 0 Å². The molecule has 6 heteroatoms. The molecule has 0 heterocycles. The van der Waals surface area contributed by atoms with Gasteiger partial charge in [0.25, 0.3) is 10.2 Å². The summed E-state index contributed by atoms with van der Waals surface area (Å²) in [5.74, 6) is 0. The van der Waals surface area contributed by atoms with Crippen molar-refractivity contribution in [2.75, 3.05) is 20.2 Å². The maximum Gasteiger partial charge on any atom is 0.282 e. The standard InChI is InChI=1S/C16H26N2O3S/c1-13(2)17(3)22(20,21)18(11-6-12-19)16-10-9-14-7-4-5-8-15(14)16/h4-5,7-8,13,16,19H,6,9-12H2,1-3H3. The van der Waals surface area contributed by atoms with Gasteiger partial charge in [0.1, 0.15) is 0 Å². The minimum atomic E-state index is -3.54. The number of fused-ring (bicyclic) bond motifs is 1. The molecule has 1 aromatic rings. The van der Waals surface area contributed by atoms with Gasteiger partial charge in [-0.1, -0.05) is 24.3 Å². The molecule has 0 saturated carbocycles. The molecule has 22 heavy (non-hydrogen) atoms. The van der Waals surface area contributed by atoms with Crippen LogP contribution in [0.3, 0.4) is 0 Å². The fourth-order valence-electron chi connectivity index (χ4n) is 2.92. The highest BCUT2D eigenvalue weighted by Gasteiger charge is 2.37. The summed E-state index contributed by atoms with van der Waals surface area (Å²) in [6.45, 7) is 4.06. The summed E-state index contributed by atoms with van der Waals surface area (Å²) in [5, 5.41) is 9.13. The Kier molecular flexibility index (Phi) is 5.60. The van der Waals surface area contributed by atoms with Gasteiger partial charge in [0.15, 0.2) is 0 Å². The van der Waals surface area contributed by atoms with Crippen molar-refractivity contribution in [3.63, 3.8) is 0 Å². The van der Waals surface area contributed by atoms with Crippen LogP contribution < -0.4 is 0 Å². The zero-order chi connectivity index (χ0) is 16.3. The first-order valence-corrected chi connectivity index (χ1v) is 9.22. The highest BCUT2D eigenvalue weighted by atomic mass is 32.2. The van der Waals surface area contributed by atoms with Gasteiger partial charge in [0, 0.05) is 26.2 Å². The summed E-state index contributed by atoms with van der Waals surface area (Å²) in [6, 6.07) is 7.81. The SMILES string of the molecule is CC(C)N(C)S(=O)(=O)N(CCCO)C1CCc2ccccc21. The monoisotopic (exact) mass is 326 g/mol. The summed E-state index contributed by atoms with van der Waals surface area (Å²) < 4.78 is 28.9. The van der Waals surface area contributed by atoms with Gasteiger partial charge < -0.3 is 5.11 Å². The van der Waals surface area contributed by atoms with E-state index in [1.165, 1.54) is 9.87 Å². The molecule has 0 amide bonds. The predicted octanol–water partition coefficient (Wildman–Crippen LogP) is 1.94. The maximum atomic E-state index is 12.9. The summed E-state index contributed by atoms with van der Waals surface area (Å²) in [4.78, 5) is 0. The van der Waals surface area contributed by atoms with Crippen molar-refractivity contribution in [3.8, 4) is 0 Å². The summed E-state index contributed by atoms with van der Waals surface area (Å²) in [6.07, 6.45) is 2.15. The zero-order valence-corrected chi connectivity index (χ0v) is 14.4. The molecule has 0 bridgehead atoms. The van der Waals surface area contributed by atoms with Gasteiger partial charge in [0.2, 0.25) is 0 Å². The summed E-state index contributed by atoms with van der Waals surface area (Å²) >= 11 is 0. The Balaban J connectivity index is 2.36. The highest BCUT2D eigenvalue weighted by Crippen LogP contribution is 2.37. The highest BCUT2D eigenvalue weighted by molar-refractivity contribution is 7.86. The molecule has 0 aromatic heterocycles. The lowest BCUT2D eigenvalue weighted by Crippen LogP contribution is -2.46. The molecule has 0 fully saturated rings. The van der Waals surface area contributed by atoms with Crippen LogP contribution in [0, 0.1) is 0 Å². The second-order valence-electron chi connectivity index (χ2n) is 6.06. The Morgan fingerprint density at radius 3 is 2.64 bits per heavy atom. The normalized spacial score (nSPS) is 18.4. The number of aliphatic hydroxyl groups excluding tert-OH is 1. The van der Waals surface area contributed by atoms with Gasteiger partial charge in [-0.15, -0.1) is 0 Å². The van der Waals surface area contributed by atoms with Gasteiger partial charge in [-0.3, -0.25) is 0 Å². The molecule has 1 unspecified atom stereocenters. The minimum Gasteiger partial charge on any atom is -0.396 e. The van der Waals surface area contributed by atoms with E-state index in [1.54, 1.807) is 11.4 Å². The maximum absolute atomic E-state index is 12.9. The average Bonchev–Trinajstić information content (AvgIpc) is 2.90. The van der Waals surface area contributed by atoms with Crippen LogP contribution in [-0.4, -0.2) is 48.4 Å². The van der Waals surface area contributed by atoms with Crippen molar-refractivity contribution in [1.82, 2.24) is 8.61 Å². The lowest BCUT2D eigenvalue weighted by Gasteiger charge is -2.34. The molecule has 1 N–H and O–H groups in total. The van der Waals surface area contributed by atoms with E-state index >= 15 is 0 Å². The Bertz CT molecular complexity index is 601. The van der Waals surface area contributed by atoms with Crippen molar-refractivity contribution < 1.29 is 13.5 Å². The Hall–Kier alpha value is -0.950. The van der Waals surface area contributed by atoms with Crippen LogP contribution in [0.1, 0.15) is 43.9 Å². The van der Waals surface area contributed by atoms with Gasteiger partial charge >= 0.3 is 0 Å². The first-order chi connectivity index (χ1) is 10.4. The lowest BCUT2D eigenvalue weighted by molar-refractivity contribution is 0.237. The number of hydrogen-bond donors (Lipinski definition) is 1. The predicted molar refractivity (Wildman–Crippen MR) is 87.7 cm³/mol. The van der Waals surface area contributed by atoms with Crippen LogP contribution >= 0.6 is 0 Å². The van der Waals surface area contributed by atoms with Crippen molar-refractivity contribution in [1.29, 1.82) is 0 Å². The molecule has 2 rings (SSSR count). The molecule has 1 aromatic carbocycles. The quantitative estimate of drug-likeness (QED) is 0.833. The van der Waals surface area contributed by atoms with Gasteiger partial charge in [-0.05, 0) is 44.2 Å². The third-order valence-corrected chi connectivity index (χ3v) is 6.55. The molecule has 1 atom stereocenters. The van der Waals surface area contributed by atoms with Crippen LogP contribution in [0.15, 0.2) is 24.3 Å². The van der Waals surface area contributed by atoms with Crippen molar-refractivity contribution >= 4 is 10.2 Å². The summed E-state index contributed by atoms with van der Waals surface area (Å²) in [5.41, 5.74) is 2.32. The molecule has 0 aliphatic heterocycles. The fourth-order valence-corrected chi connectivity index (χ4v) is 4.69. The first-order valence-electron chi connectivity index (χ1n) is 7.83. The topological polar surface area (TPSA) is 60.9 Å². The third-order valence-electron chi connectivity index (χ3n) is 4.37. The van der Waals surface area contributed by atoms with Crippen LogP contribution in [-0.2, 0) is 16.6 Å². The lowest BCUT2D eigenvalue weighted by atomic mass is 10.1. The van der Waals surface area contributed by atoms with E-state index in [2.05, 4.69) is 6.07 Å². The zero-order valence-electron chi connectivity index (χ0n) is 13.6. The molecule has 0 spiro atoms. The van der Waals surface area contributed by atoms with E-state index in [9.17, 15) is 8.42 Å². The largest absolute Gasteiger partial charge is 0.396 e. The third kappa shape index (κ3) is 3.35. The fraction of sp³-hybridized carbons (Fsp3) is 0.625. The van der Waals surface area contributed by atoms with E-state index in [0.29, 0.717) is 13.0 Å². The number of aliphatic hydroxyl groups is 1. The van der Waals surface area contributed by atoms with E-state index in [0.717, 1.165) is 18.4 Å². The summed E-state index contributed by atoms with van der Waals surface area (Å²) in [7, 11) is -1.93. The second-order valence-corrected chi connectivity index (χ2v) is 8.00. The molecule has 1 aliphatic rings. The number of nitrogens with zero attached hydrogens (tertiary/aromatic N) is 2. The smallest absolute Gasteiger partial charge is 0.282 e. The van der Waals surface area contributed by atoms with E-state index < -0.39 is 10.2 Å². The number of hydrogen-bond acceptors (Lipinski definition) is 3. The van der Waals surface area contributed by atoms with Crippen molar-refractivity contribution in [3.05, 3.63) is 35.4 Å². The molecular weight excluding hydrogens is 300 g/mol. The molecule has 0 radical (unpaired) electrons. The molecule has 5 nitrogen and oxygen atoms in total. The van der Waals surface area contributed by atoms with Crippen molar-refractivity contribution in [2.24, 2.45) is 0 Å². The Morgan fingerprint density at radius 1 is 1.32 bits per heavy atom. The van der Waals surface area contributed by atoms with Gasteiger partial charge in [-0.25, -0.2) is 0 Å². The molecular formula is C16H26N2O3S. The van der Waals surface area contributed by atoms with Crippen LogP contribution in [0.5, 0.6) is 0 Å². The van der Waals surface area contributed by atoms with E-state index in [1.807, 2.05) is 32.0 Å². The second kappa shape index (κ2) is 7.08. The minimum absolute atomic E-state index is 0.00816. The Labute approximate surface area is 133 Å². The van der Waals surface area contributed by atoms with Crippen LogP contribution in [0.4, 0.5) is 0 Å². The van der Waals surface area contributed by atoms with Gasteiger partial charge in [0.05, 0.1) is 6.04 Å². The van der Waals surface area contributed by atoms with Crippen LogP contribution in [0.2, 0.25) is 0 Å². The number of aryl methyl sites for hydroxylation is 1. The molecule has 0 saturated heterocycles. The van der Waals surface area contributed by atoms with Crippen molar-refractivity contribution in [2.45, 2.75) is 45.2 Å². The number of benzene rings is 1. The van der Waals surface area contributed by atoms with E-state index in [4.69, 9.17) is 5.11 Å². The van der Waals surface area contributed by atoms with E-state index in [-0.39, 0.29) is 18.7 Å². The number of rotatable bonds is 7.